The van der Waals surface area contributed by atoms with E-state index in [1.54, 1.807) is 35.5 Å². The first kappa shape index (κ1) is 31.0. The Hall–Kier alpha value is -4.60. The Morgan fingerprint density at radius 3 is 2.15 bits per heavy atom. The molecule has 0 saturated heterocycles. The van der Waals surface area contributed by atoms with Gasteiger partial charge in [0.1, 0.15) is 5.75 Å². The minimum atomic E-state index is -0.0834. The zero-order chi connectivity index (χ0) is 32.7. The van der Waals surface area contributed by atoms with Gasteiger partial charge in [-0.15, -0.1) is 0 Å². The molecule has 0 unspecified atom stereocenters. The average molecular weight is 639 g/mol. The molecule has 0 amide bonds. The van der Waals surface area contributed by atoms with E-state index in [0.29, 0.717) is 52.4 Å². The molecule has 0 radical (unpaired) electrons. The molecule has 4 aliphatic rings. The lowest BCUT2D eigenvalue weighted by molar-refractivity contribution is 0.216. The lowest BCUT2D eigenvalue weighted by Crippen LogP contribution is -2.34. The van der Waals surface area contributed by atoms with Gasteiger partial charge in [-0.25, -0.2) is 0 Å². The van der Waals surface area contributed by atoms with Crippen molar-refractivity contribution >= 4 is 0 Å². The van der Waals surface area contributed by atoms with Crippen molar-refractivity contribution < 1.29 is 33.2 Å². The van der Waals surface area contributed by atoms with Crippen LogP contribution in [0.4, 0.5) is 0 Å². The van der Waals surface area contributed by atoms with Crippen LogP contribution in [0.15, 0.2) is 54.6 Å². The molecule has 9 heteroatoms. The van der Waals surface area contributed by atoms with Gasteiger partial charge in [-0.3, -0.25) is 4.90 Å². The van der Waals surface area contributed by atoms with E-state index in [0.717, 1.165) is 54.8 Å². The van der Waals surface area contributed by atoms with E-state index in [1.807, 2.05) is 18.2 Å². The summed E-state index contributed by atoms with van der Waals surface area (Å²) in [6.45, 7) is 1.70. The molecule has 4 aliphatic heterocycles. The van der Waals surface area contributed by atoms with Crippen molar-refractivity contribution in [2.24, 2.45) is 0 Å². The minimum absolute atomic E-state index is 0.0834. The molecule has 9 nitrogen and oxygen atoms in total. The molecule has 4 aromatic rings. The van der Waals surface area contributed by atoms with E-state index in [2.05, 4.69) is 53.7 Å². The fourth-order valence-corrected chi connectivity index (χ4v) is 7.32. The lowest BCUT2D eigenvalue weighted by atomic mass is 9.86. The third kappa shape index (κ3) is 5.57. The summed E-state index contributed by atoms with van der Waals surface area (Å²) in [6, 6.07) is 18.7. The van der Waals surface area contributed by atoms with Crippen molar-refractivity contribution in [2.45, 2.75) is 37.8 Å². The fourth-order valence-electron chi connectivity index (χ4n) is 7.32. The molecule has 1 N–H and O–H groups in total. The van der Waals surface area contributed by atoms with Crippen LogP contribution in [-0.2, 0) is 25.7 Å². The maximum Gasteiger partial charge on any atom is 0.208 e. The van der Waals surface area contributed by atoms with Gasteiger partial charge >= 0.3 is 0 Å². The van der Waals surface area contributed by atoms with Gasteiger partial charge in [0.2, 0.25) is 11.5 Å². The van der Waals surface area contributed by atoms with Gasteiger partial charge in [-0.1, -0.05) is 18.2 Å². The Balaban J connectivity index is 1.49. The highest BCUT2D eigenvalue weighted by molar-refractivity contribution is 5.70. The van der Waals surface area contributed by atoms with Crippen LogP contribution in [0.2, 0.25) is 0 Å². The number of nitrogens with one attached hydrogen (secondary N) is 1. The number of hydrogen-bond acceptors (Lipinski definition) is 9. The van der Waals surface area contributed by atoms with Gasteiger partial charge in [-0.05, 0) is 97.9 Å². The van der Waals surface area contributed by atoms with Gasteiger partial charge in [-0.2, -0.15) is 0 Å². The predicted octanol–water partition coefficient (Wildman–Crippen LogP) is 6.83. The summed E-state index contributed by atoms with van der Waals surface area (Å²) in [4.78, 5) is 2.35. The van der Waals surface area contributed by atoms with Crippen LogP contribution in [0, 0.1) is 0 Å². The Labute approximate surface area is 276 Å². The molecule has 0 fully saturated rings. The summed E-state index contributed by atoms with van der Waals surface area (Å²) in [5.41, 5.74) is 6.76. The molecule has 8 rings (SSSR count). The summed E-state index contributed by atoms with van der Waals surface area (Å²) < 4.78 is 43.2. The van der Waals surface area contributed by atoms with Crippen molar-refractivity contribution in [1.29, 1.82) is 0 Å². The summed E-state index contributed by atoms with van der Waals surface area (Å²) in [5, 5.41) is 3.74. The first-order valence-corrected chi connectivity index (χ1v) is 16.1. The van der Waals surface area contributed by atoms with E-state index in [1.165, 1.54) is 16.7 Å². The summed E-state index contributed by atoms with van der Waals surface area (Å²) in [5.74, 6) is 5.63. The highest BCUT2D eigenvalue weighted by Crippen LogP contribution is 2.56. The molecular weight excluding hydrogens is 596 g/mol. The monoisotopic (exact) mass is 638 g/mol. The normalized spacial score (nSPS) is 18.5. The average Bonchev–Trinajstić information content (AvgIpc) is 3.09. The maximum atomic E-state index is 7.03. The van der Waals surface area contributed by atoms with Crippen LogP contribution in [0.3, 0.4) is 0 Å². The van der Waals surface area contributed by atoms with Gasteiger partial charge in [0, 0.05) is 29.8 Å². The van der Waals surface area contributed by atoms with Gasteiger partial charge in [0.25, 0.3) is 0 Å². The lowest BCUT2D eigenvalue weighted by Gasteiger charge is -2.38. The summed E-state index contributed by atoms with van der Waals surface area (Å²) >= 11 is 0. The van der Waals surface area contributed by atoms with Crippen LogP contribution < -0.4 is 38.5 Å². The molecule has 4 heterocycles. The first-order chi connectivity index (χ1) is 23.0. The highest BCUT2D eigenvalue weighted by Gasteiger charge is 2.37. The topological polar surface area (TPSA) is 79.9 Å². The van der Waals surface area contributed by atoms with Crippen LogP contribution >= 0.6 is 0 Å². The Morgan fingerprint density at radius 1 is 0.702 bits per heavy atom. The molecule has 47 heavy (non-hydrogen) atoms. The van der Waals surface area contributed by atoms with Crippen molar-refractivity contribution in [3.8, 4) is 51.7 Å². The number of benzene rings is 4. The Bertz CT molecular complexity index is 1790. The van der Waals surface area contributed by atoms with Crippen molar-refractivity contribution in [1.82, 2.24) is 10.2 Å². The van der Waals surface area contributed by atoms with Crippen molar-refractivity contribution in [2.75, 3.05) is 55.7 Å². The van der Waals surface area contributed by atoms with E-state index in [4.69, 9.17) is 33.2 Å². The number of methoxy groups -OCH3 is 5. The van der Waals surface area contributed by atoms with Crippen molar-refractivity contribution in [3.05, 3.63) is 88.0 Å². The molecule has 0 aliphatic carbocycles. The zero-order valence-electron chi connectivity index (χ0n) is 27.9. The largest absolute Gasteiger partial charge is 0.493 e. The third-order valence-electron chi connectivity index (χ3n) is 9.70. The highest BCUT2D eigenvalue weighted by atomic mass is 16.6. The van der Waals surface area contributed by atoms with Crippen LogP contribution in [0.5, 0.6) is 51.7 Å². The second kappa shape index (κ2) is 12.9. The van der Waals surface area contributed by atoms with E-state index in [-0.39, 0.29) is 12.1 Å². The second-order valence-corrected chi connectivity index (χ2v) is 12.3. The molecule has 246 valence electrons. The van der Waals surface area contributed by atoms with Crippen LogP contribution in [-0.4, -0.2) is 60.6 Å². The van der Waals surface area contributed by atoms with Crippen LogP contribution in [0.1, 0.15) is 45.5 Å². The van der Waals surface area contributed by atoms with Gasteiger partial charge in [0.15, 0.2) is 34.5 Å². The Kier molecular flexibility index (Phi) is 8.51. The number of likely N-dealkylation sites (N-methyl/N-ethyl adjacent to an activating group) is 1. The Morgan fingerprint density at radius 2 is 1.43 bits per heavy atom. The van der Waals surface area contributed by atoms with Gasteiger partial charge in [0.05, 0.1) is 35.5 Å². The number of ether oxygens (including phenoxy) is 7. The molecule has 4 aromatic carbocycles. The molecule has 0 aromatic heterocycles. The number of rotatable bonds is 5. The standard InChI is InChI=1S/C38H42N2O7/c1-40-16-14-26-34-29(40)18-23-9-12-30(41-2)32(19-23)46-25-10-7-22(8-11-25)17-28-27-21-33(31(42-3)20-24(27)13-15-39-28)47-36(34)38(45-6)37(44-5)35(26)43-4/h7-12,19-21,28-29,39H,13-18H2,1-6H3/t28-,29+/m1/s1. The SMILES string of the molecule is COc1ccc2cc1Oc1ccc(cc1)C[C@H]1NCCc3cc(OC)c(cc31)Oc1c(OC)c(OC)c(OC)c3c1[C@H](C2)N(C)CC3. The first-order valence-electron chi connectivity index (χ1n) is 16.1. The summed E-state index contributed by atoms with van der Waals surface area (Å²) in [6.07, 6.45) is 3.13. The van der Waals surface area contributed by atoms with E-state index >= 15 is 0 Å². The zero-order valence-corrected chi connectivity index (χ0v) is 27.9. The van der Waals surface area contributed by atoms with Gasteiger partial charge < -0.3 is 38.5 Å². The maximum absolute atomic E-state index is 7.03. The fraction of sp³-hybridized carbons (Fsp3) is 0.368. The van der Waals surface area contributed by atoms with Crippen molar-refractivity contribution in [3.63, 3.8) is 0 Å². The number of nitrogens with zero attached hydrogens (tertiary/aromatic N) is 1. The van der Waals surface area contributed by atoms with E-state index < -0.39 is 0 Å². The molecule has 6 bridgehead atoms. The smallest absolute Gasteiger partial charge is 0.208 e. The number of hydrogen-bond donors (Lipinski definition) is 1. The van der Waals surface area contributed by atoms with Crippen LogP contribution in [0.25, 0.3) is 0 Å². The summed E-state index contributed by atoms with van der Waals surface area (Å²) in [7, 11) is 10.4. The predicted molar refractivity (Wildman–Crippen MR) is 180 cm³/mol. The molecule has 0 spiro atoms. The second-order valence-electron chi connectivity index (χ2n) is 12.3. The van der Waals surface area contributed by atoms with E-state index in [9.17, 15) is 0 Å². The molecule has 2 atom stereocenters. The molecular formula is C38H42N2O7. The minimum Gasteiger partial charge on any atom is -0.493 e. The quantitative estimate of drug-likeness (QED) is 0.253. The number of fused-ring (bicyclic) bond motifs is 2. The third-order valence-corrected chi connectivity index (χ3v) is 9.70. The molecule has 0 saturated carbocycles.